The highest BCUT2D eigenvalue weighted by Crippen LogP contribution is 2.08. The Kier molecular flexibility index (Phi) is 17.2. The molecule has 1 aliphatic heterocycles. The second kappa shape index (κ2) is 15.7. The largest absolute Gasteiger partial charge is 0.481 e. The van der Waals surface area contributed by atoms with Gasteiger partial charge >= 0.3 is 0 Å². The number of carboxylic acids is 1. The third-order valence-corrected chi connectivity index (χ3v) is 2.41. The number of nitrogens with two attached hydrogens (primary N) is 2. The molecule has 0 amide bonds. The van der Waals surface area contributed by atoms with Gasteiger partial charge in [-0.2, -0.15) is 0 Å². The van der Waals surface area contributed by atoms with Gasteiger partial charge in [0.2, 0.25) is 0 Å². The van der Waals surface area contributed by atoms with Crippen molar-refractivity contribution in [2.75, 3.05) is 45.7 Å². The van der Waals surface area contributed by atoms with Crippen LogP contribution < -0.4 is 11.5 Å². The summed E-state index contributed by atoms with van der Waals surface area (Å²) in [5.74, 6) is -0.167. The average molecular weight is 298 g/mol. The number of ether oxygens (including phenoxy) is 1. The molecule has 0 saturated carbocycles. The number of aliphatic carboxylic acids is 1. The summed E-state index contributed by atoms with van der Waals surface area (Å²) >= 11 is 5.27. The van der Waals surface area contributed by atoms with E-state index in [0.717, 1.165) is 52.6 Å². The lowest BCUT2D eigenvalue weighted by molar-refractivity contribution is -0.134. The molecule has 116 valence electrons. The molecule has 5 N–H and O–H groups in total. The maximum Gasteiger partial charge on any atom is 0.300 e. The van der Waals surface area contributed by atoms with Gasteiger partial charge in [-0.25, -0.2) is 0 Å². The van der Waals surface area contributed by atoms with Crippen molar-refractivity contribution in [3.05, 3.63) is 0 Å². The Morgan fingerprint density at radius 3 is 1.89 bits per heavy atom. The third-order valence-electron chi connectivity index (χ3n) is 2.06. The standard InChI is InChI=1S/C7H19N3.C3H5ClO.C2H4O2/c1-10(6-2-4-8)7-3-5-9;4-1-3-2-5-3;1-2(3)4/h2-9H2,1H3;3H,1-2H2;1H3,(H,3,4). The number of carbonyl (C=O) groups is 1. The number of rotatable bonds is 7. The maximum absolute atomic E-state index is 9.00. The van der Waals surface area contributed by atoms with E-state index in [1.807, 2.05) is 0 Å². The van der Waals surface area contributed by atoms with Gasteiger partial charge in [-0.3, -0.25) is 4.79 Å². The third kappa shape index (κ3) is 27.0. The van der Waals surface area contributed by atoms with E-state index in [4.69, 9.17) is 37.7 Å². The van der Waals surface area contributed by atoms with Crippen LogP contribution in [0.4, 0.5) is 0 Å². The van der Waals surface area contributed by atoms with Crippen molar-refractivity contribution >= 4 is 17.6 Å². The molecule has 6 nitrogen and oxygen atoms in total. The Morgan fingerprint density at radius 1 is 1.37 bits per heavy atom. The van der Waals surface area contributed by atoms with Crippen LogP contribution in [0, 0.1) is 0 Å². The Bertz CT molecular complexity index is 193. The lowest BCUT2D eigenvalue weighted by Gasteiger charge is -2.14. The first-order chi connectivity index (χ1) is 8.97. The van der Waals surface area contributed by atoms with E-state index in [-0.39, 0.29) is 0 Å². The van der Waals surface area contributed by atoms with Gasteiger partial charge in [0.1, 0.15) is 0 Å². The van der Waals surface area contributed by atoms with Gasteiger partial charge in [-0.15, -0.1) is 11.6 Å². The monoisotopic (exact) mass is 297 g/mol. The first-order valence-electron chi connectivity index (χ1n) is 6.43. The molecule has 7 heteroatoms. The topological polar surface area (TPSA) is 105 Å². The number of halogens is 1. The second-order valence-corrected chi connectivity index (χ2v) is 4.53. The summed E-state index contributed by atoms with van der Waals surface area (Å²) in [5.41, 5.74) is 10.7. The molecule has 1 fully saturated rings. The van der Waals surface area contributed by atoms with Gasteiger partial charge in [-0.05, 0) is 46.1 Å². The quantitative estimate of drug-likeness (QED) is 0.462. The minimum absolute atomic E-state index is 0.400. The van der Waals surface area contributed by atoms with Crippen LogP contribution in [0.5, 0.6) is 0 Å². The fourth-order valence-corrected chi connectivity index (χ4v) is 1.17. The molecule has 1 aliphatic rings. The summed E-state index contributed by atoms with van der Waals surface area (Å²) in [6.45, 7) is 5.72. The summed E-state index contributed by atoms with van der Waals surface area (Å²) in [4.78, 5) is 11.3. The van der Waals surface area contributed by atoms with Crippen molar-refractivity contribution in [2.45, 2.75) is 25.9 Å². The van der Waals surface area contributed by atoms with Gasteiger partial charge in [0.15, 0.2) is 0 Å². The van der Waals surface area contributed by atoms with Gasteiger partial charge in [0, 0.05) is 6.92 Å². The Morgan fingerprint density at radius 2 is 1.74 bits per heavy atom. The lowest BCUT2D eigenvalue weighted by atomic mass is 10.3. The van der Waals surface area contributed by atoms with Crippen LogP contribution in [0.3, 0.4) is 0 Å². The van der Waals surface area contributed by atoms with Gasteiger partial charge in [-0.1, -0.05) is 0 Å². The molecule has 1 atom stereocenters. The van der Waals surface area contributed by atoms with Crippen molar-refractivity contribution in [3.8, 4) is 0 Å². The molecule has 19 heavy (non-hydrogen) atoms. The number of epoxide rings is 1. The van der Waals surface area contributed by atoms with Crippen LogP contribution >= 0.6 is 11.6 Å². The van der Waals surface area contributed by atoms with E-state index in [9.17, 15) is 0 Å². The van der Waals surface area contributed by atoms with Gasteiger partial charge in [0.05, 0.1) is 18.6 Å². The molecule has 1 unspecified atom stereocenters. The van der Waals surface area contributed by atoms with Crippen molar-refractivity contribution < 1.29 is 14.6 Å². The molecule has 1 saturated heterocycles. The van der Waals surface area contributed by atoms with E-state index in [0.29, 0.717) is 12.0 Å². The van der Waals surface area contributed by atoms with Crippen LogP contribution in [0.25, 0.3) is 0 Å². The average Bonchev–Trinajstić information content (AvgIpc) is 3.17. The zero-order valence-corrected chi connectivity index (χ0v) is 12.7. The maximum atomic E-state index is 9.00. The first-order valence-corrected chi connectivity index (χ1v) is 6.97. The minimum atomic E-state index is -0.833. The Hall–Kier alpha value is -0.400. The van der Waals surface area contributed by atoms with Crippen LogP contribution in [-0.4, -0.2) is 67.8 Å². The van der Waals surface area contributed by atoms with Crippen LogP contribution in [-0.2, 0) is 9.53 Å². The van der Waals surface area contributed by atoms with Gasteiger partial charge in [0.25, 0.3) is 5.97 Å². The van der Waals surface area contributed by atoms with Crippen molar-refractivity contribution in [3.63, 3.8) is 0 Å². The summed E-state index contributed by atoms with van der Waals surface area (Å²) in [5, 5.41) is 7.42. The van der Waals surface area contributed by atoms with Gasteiger partial charge < -0.3 is 26.2 Å². The molecular weight excluding hydrogens is 270 g/mol. The van der Waals surface area contributed by atoms with Crippen molar-refractivity contribution in [1.29, 1.82) is 0 Å². The first kappa shape index (κ1) is 20.9. The molecule has 1 rings (SSSR count). The SMILES string of the molecule is CC(=O)O.CN(CCCN)CCCN.ClCC1CO1. The zero-order chi connectivity index (χ0) is 15.1. The number of hydrogen-bond donors (Lipinski definition) is 3. The number of hydrogen-bond acceptors (Lipinski definition) is 5. The van der Waals surface area contributed by atoms with Crippen LogP contribution in [0.2, 0.25) is 0 Å². The number of alkyl halides is 1. The van der Waals surface area contributed by atoms with E-state index in [1.165, 1.54) is 0 Å². The highest BCUT2D eigenvalue weighted by Gasteiger charge is 2.19. The summed E-state index contributed by atoms with van der Waals surface area (Å²) < 4.78 is 4.73. The number of nitrogens with zero attached hydrogens (tertiary/aromatic N) is 1. The fraction of sp³-hybridized carbons (Fsp3) is 0.917. The summed E-state index contributed by atoms with van der Waals surface area (Å²) in [6, 6.07) is 0. The summed E-state index contributed by atoms with van der Waals surface area (Å²) in [6.07, 6.45) is 2.57. The molecule has 0 aromatic carbocycles. The molecule has 0 radical (unpaired) electrons. The van der Waals surface area contributed by atoms with Crippen molar-refractivity contribution in [1.82, 2.24) is 4.90 Å². The highest BCUT2D eigenvalue weighted by molar-refractivity contribution is 6.18. The molecule has 1 heterocycles. The number of carboxylic acid groups (broad SMARTS) is 1. The van der Waals surface area contributed by atoms with Crippen LogP contribution in [0.1, 0.15) is 19.8 Å². The molecule has 0 spiro atoms. The predicted molar refractivity (Wildman–Crippen MR) is 78.6 cm³/mol. The minimum Gasteiger partial charge on any atom is -0.481 e. The van der Waals surface area contributed by atoms with Crippen LogP contribution in [0.15, 0.2) is 0 Å². The smallest absolute Gasteiger partial charge is 0.300 e. The lowest BCUT2D eigenvalue weighted by Crippen LogP contribution is -2.24. The summed E-state index contributed by atoms with van der Waals surface area (Å²) in [7, 11) is 2.10. The van der Waals surface area contributed by atoms with E-state index in [1.54, 1.807) is 0 Å². The van der Waals surface area contributed by atoms with Crippen molar-refractivity contribution in [2.24, 2.45) is 11.5 Å². The van der Waals surface area contributed by atoms with E-state index >= 15 is 0 Å². The predicted octanol–water partition coefficient (Wildman–Crippen LogP) is 0.331. The van der Waals surface area contributed by atoms with E-state index < -0.39 is 5.97 Å². The normalized spacial score (nSPS) is 16.0. The highest BCUT2D eigenvalue weighted by atomic mass is 35.5. The molecular formula is C12H28ClN3O3. The fourth-order valence-electron chi connectivity index (χ4n) is 0.991. The molecule has 0 bridgehead atoms. The van der Waals surface area contributed by atoms with E-state index in [2.05, 4.69) is 11.9 Å². The second-order valence-electron chi connectivity index (χ2n) is 4.22. The molecule has 0 aromatic rings. The molecule has 0 aromatic heterocycles. The zero-order valence-electron chi connectivity index (χ0n) is 12.0. The Balaban J connectivity index is 0. The molecule has 0 aliphatic carbocycles. The Labute approximate surface area is 121 Å².